The molecule has 1 heterocycles. The van der Waals surface area contributed by atoms with Crippen molar-refractivity contribution in [3.05, 3.63) is 11.5 Å². The molecule has 1 rings (SSSR count). The molecule has 0 saturated carbocycles. The first kappa shape index (κ1) is 13.8. The monoisotopic (exact) mass is 257 g/mol. The Morgan fingerprint density at radius 3 is 2.24 bits per heavy atom. The molecule has 0 atom stereocenters. The second kappa shape index (κ2) is 5.35. The standard InChI is InChI=1S/C9H11F4NO3/c1-16-8(15)6(9(11,12)13)7(10)14-2-4-17-5-3-14/h2-5H2,1H3/b7-6+. The molecule has 0 aromatic carbocycles. The van der Waals surface area contributed by atoms with E-state index >= 15 is 0 Å². The van der Waals surface area contributed by atoms with E-state index in [1.165, 1.54) is 0 Å². The van der Waals surface area contributed by atoms with E-state index in [0.29, 0.717) is 0 Å². The molecule has 17 heavy (non-hydrogen) atoms. The minimum Gasteiger partial charge on any atom is -0.465 e. The summed E-state index contributed by atoms with van der Waals surface area (Å²) in [4.78, 5) is 11.8. The molecule has 8 heteroatoms. The van der Waals surface area contributed by atoms with Gasteiger partial charge in [0, 0.05) is 13.1 Å². The maximum Gasteiger partial charge on any atom is 0.427 e. The summed E-state index contributed by atoms with van der Waals surface area (Å²) in [5.74, 6) is -3.35. The zero-order valence-corrected chi connectivity index (χ0v) is 9.01. The lowest BCUT2D eigenvalue weighted by atomic mass is 10.2. The summed E-state index contributed by atoms with van der Waals surface area (Å²) in [7, 11) is 0.765. The van der Waals surface area contributed by atoms with Crippen molar-refractivity contribution in [3.63, 3.8) is 0 Å². The van der Waals surface area contributed by atoms with Gasteiger partial charge in [0.25, 0.3) is 0 Å². The minimum atomic E-state index is -5.09. The Hall–Kier alpha value is -1.31. The van der Waals surface area contributed by atoms with Crippen molar-refractivity contribution in [3.8, 4) is 0 Å². The molecule has 1 aliphatic heterocycles. The van der Waals surface area contributed by atoms with Gasteiger partial charge >= 0.3 is 12.1 Å². The Bertz CT molecular complexity index is 321. The van der Waals surface area contributed by atoms with Gasteiger partial charge in [-0.3, -0.25) is 0 Å². The number of esters is 1. The van der Waals surface area contributed by atoms with Gasteiger partial charge in [-0.2, -0.15) is 17.6 Å². The fourth-order valence-corrected chi connectivity index (χ4v) is 1.34. The first-order chi connectivity index (χ1) is 7.88. The summed E-state index contributed by atoms with van der Waals surface area (Å²) in [5, 5.41) is 0. The fourth-order valence-electron chi connectivity index (χ4n) is 1.34. The summed E-state index contributed by atoms with van der Waals surface area (Å²) in [6.07, 6.45) is -5.09. The quantitative estimate of drug-likeness (QED) is 0.323. The van der Waals surface area contributed by atoms with E-state index in [4.69, 9.17) is 4.74 Å². The van der Waals surface area contributed by atoms with E-state index < -0.39 is 23.7 Å². The third kappa shape index (κ3) is 3.32. The van der Waals surface area contributed by atoms with Gasteiger partial charge in [0.2, 0.25) is 5.95 Å². The molecular formula is C9H11F4NO3. The third-order valence-corrected chi connectivity index (χ3v) is 2.17. The van der Waals surface area contributed by atoms with Gasteiger partial charge in [0.05, 0.1) is 20.3 Å². The van der Waals surface area contributed by atoms with Crippen LogP contribution in [-0.2, 0) is 14.3 Å². The normalized spacial score (nSPS) is 18.8. The second-order valence-corrected chi connectivity index (χ2v) is 3.25. The van der Waals surface area contributed by atoms with Gasteiger partial charge < -0.3 is 14.4 Å². The van der Waals surface area contributed by atoms with E-state index in [9.17, 15) is 22.4 Å². The fraction of sp³-hybridized carbons (Fsp3) is 0.667. The number of hydrogen-bond acceptors (Lipinski definition) is 4. The lowest BCUT2D eigenvalue weighted by Crippen LogP contribution is -2.37. The number of carbonyl (C=O) groups is 1. The van der Waals surface area contributed by atoms with Gasteiger partial charge in [0.1, 0.15) is 0 Å². The van der Waals surface area contributed by atoms with Crippen LogP contribution in [0.3, 0.4) is 0 Å². The summed E-state index contributed by atoms with van der Waals surface area (Å²) >= 11 is 0. The van der Waals surface area contributed by atoms with Gasteiger partial charge in [-0.25, -0.2) is 4.79 Å². The number of methoxy groups -OCH3 is 1. The largest absolute Gasteiger partial charge is 0.465 e. The first-order valence-electron chi connectivity index (χ1n) is 4.76. The van der Waals surface area contributed by atoms with E-state index in [0.717, 1.165) is 12.0 Å². The van der Waals surface area contributed by atoms with Crippen molar-refractivity contribution in [2.45, 2.75) is 6.18 Å². The molecule has 0 bridgehead atoms. The molecule has 0 aromatic rings. The van der Waals surface area contributed by atoms with Crippen LogP contribution in [0.1, 0.15) is 0 Å². The van der Waals surface area contributed by atoms with Crippen molar-refractivity contribution in [2.75, 3.05) is 33.4 Å². The zero-order chi connectivity index (χ0) is 13.1. The molecule has 0 aliphatic carbocycles. The van der Waals surface area contributed by atoms with Crippen LogP contribution < -0.4 is 0 Å². The Kier molecular flexibility index (Phi) is 4.33. The highest BCUT2D eigenvalue weighted by atomic mass is 19.4. The van der Waals surface area contributed by atoms with Crippen LogP contribution in [0.4, 0.5) is 17.6 Å². The number of rotatable bonds is 2. The van der Waals surface area contributed by atoms with Crippen LogP contribution in [0.15, 0.2) is 11.5 Å². The second-order valence-electron chi connectivity index (χ2n) is 3.25. The van der Waals surface area contributed by atoms with Crippen molar-refractivity contribution in [1.29, 1.82) is 0 Å². The molecule has 0 spiro atoms. The van der Waals surface area contributed by atoms with E-state index in [2.05, 4.69) is 4.74 Å². The van der Waals surface area contributed by atoms with Gasteiger partial charge in [-0.1, -0.05) is 0 Å². The van der Waals surface area contributed by atoms with Crippen LogP contribution in [0, 0.1) is 0 Å². The molecule has 0 amide bonds. The van der Waals surface area contributed by atoms with Gasteiger partial charge in [-0.15, -0.1) is 0 Å². The molecule has 1 aliphatic rings. The number of ether oxygens (including phenoxy) is 2. The molecule has 0 N–H and O–H groups in total. The predicted molar refractivity (Wildman–Crippen MR) is 48.6 cm³/mol. The number of halogens is 4. The minimum absolute atomic E-state index is 0.0393. The first-order valence-corrected chi connectivity index (χ1v) is 4.76. The number of hydrogen-bond donors (Lipinski definition) is 0. The Morgan fingerprint density at radius 2 is 1.82 bits per heavy atom. The van der Waals surface area contributed by atoms with Crippen LogP contribution in [0.2, 0.25) is 0 Å². The number of alkyl halides is 3. The van der Waals surface area contributed by atoms with Gasteiger partial charge in [0.15, 0.2) is 5.57 Å². The average molecular weight is 257 g/mol. The highest BCUT2D eigenvalue weighted by Gasteiger charge is 2.44. The van der Waals surface area contributed by atoms with E-state index in [1.807, 2.05) is 0 Å². The molecule has 0 aromatic heterocycles. The van der Waals surface area contributed by atoms with Crippen molar-refractivity contribution in [1.82, 2.24) is 4.90 Å². The molecule has 1 saturated heterocycles. The molecule has 98 valence electrons. The summed E-state index contributed by atoms with van der Waals surface area (Å²) in [6, 6.07) is 0. The maximum absolute atomic E-state index is 13.6. The van der Waals surface area contributed by atoms with Crippen LogP contribution >= 0.6 is 0 Å². The lowest BCUT2D eigenvalue weighted by molar-refractivity contribution is -0.149. The molecule has 1 fully saturated rings. The topological polar surface area (TPSA) is 38.8 Å². The van der Waals surface area contributed by atoms with Crippen molar-refractivity contribution < 1.29 is 31.8 Å². The number of morpholine rings is 1. The maximum atomic E-state index is 13.6. The summed E-state index contributed by atoms with van der Waals surface area (Å²) in [6.45, 7) is 0.143. The van der Waals surface area contributed by atoms with Crippen molar-refractivity contribution >= 4 is 5.97 Å². The number of nitrogens with zero attached hydrogens (tertiary/aromatic N) is 1. The average Bonchev–Trinajstić information content (AvgIpc) is 2.28. The highest BCUT2D eigenvalue weighted by molar-refractivity contribution is 5.90. The molecule has 0 radical (unpaired) electrons. The highest BCUT2D eigenvalue weighted by Crippen LogP contribution is 2.31. The summed E-state index contributed by atoms with van der Waals surface area (Å²) < 4.78 is 59.9. The molecule has 0 unspecified atom stereocenters. The Morgan fingerprint density at radius 1 is 1.29 bits per heavy atom. The molecular weight excluding hydrogens is 246 g/mol. The predicted octanol–water partition coefficient (Wildman–Crippen LogP) is 1.24. The molecule has 4 nitrogen and oxygen atoms in total. The van der Waals surface area contributed by atoms with Crippen LogP contribution in [0.25, 0.3) is 0 Å². The van der Waals surface area contributed by atoms with E-state index in [1.54, 1.807) is 0 Å². The Labute approximate surface area is 94.8 Å². The lowest BCUT2D eigenvalue weighted by Gasteiger charge is -2.28. The smallest absolute Gasteiger partial charge is 0.427 e. The summed E-state index contributed by atoms with van der Waals surface area (Å²) in [5.41, 5.74) is -1.91. The van der Waals surface area contributed by atoms with E-state index in [-0.39, 0.29) is 26.3 Å². The SMILES string of the molecule is COC(=O)/C(=C(/F)N1CCOCC1)C(F)(F)F. The third-order valence-electron chi connectivity index (χ3n) is 2.17. The Balaban J connectivity index is 3.04. The van der Waals surface area contributed by atoms with Crippen molar-refractivity contribution in [2.24, 2.45) is 0 Å². The number of carbonyl (C=O) groups excluding carboxylic acids is 1. The van der Waals surface area contributed by atoms with Gasteiger partial charge in [-0.05, 0) is 0 Å². The zero-order valence-electron chi connectivity index (χ0n) is 9.01. The van der Waals surface area contributed by atoms with Crippen LogP contribution in [-0.4, -0.2) is 50.5 Å². The van der Waals surface area contributed by atoms with Crippen LogP contribution in [0.5, 0.6) is 0 Å².